The van der Waals surface area contributed by atoms with Crippen molar-refractivity contribution < 1.29 is 14.7 Å². The van der Waals surface area contributed by atoms with E-state index in [4.69, 9.17) is 5.11 Å². The van der Waals surface area contributed by atoms with E-state index in [1.165, 1.54) is 11.1 Å². The quantitative estimate of drug-likeness (QED) is 0.874. The van der Waals surface area contributed by atoms with Crippen LogP contribution in [0.4, 0.5) is 0 Å². The van der Waals surface area contributed by atoms with Gasteiger partial charge in [0.15, 0.2) is 0 Å². The predicted molar refractivity (Wildman–Crippen MR) is 90.4 cm³/mol. The summed E-state index contributed by atoms with van der Waals surface area (Å²) in [5.41, 5.74) is 2.73. The Kier molecular flexibility index (Phi) is 6.20. The lowest BCUT2D eigenvalue weighted by Gasteiger charge is -2.32. The minimum absolute atomic E-state index is 0.0212. The average Bonchev–Trinajstić information content (AvgIpc) is 2.54. The highest BCUT2D eigenvalue weighted by molar-refractivity contribution is 5.80. The lowest BCUT2D eigenvalue weighted by atomic mass is 9.89. The predicted octanol–water partition coefficient (Wildman–Crippen LogP) is 3.46. The molecular formula is C19H27NO3. The summed E-state index contributed by atoms with van der Waals surface area (Å²) in [5, 5.41) is 8.65. The molecule has 0 unspecified atom stereocenters. The Bertz CT molecular complexity index is 528. The zero-order valence-corrected chi connectivity index (χ0v) is 14.1. The number of amides is 1. The first-order valence-electron chi connectivity index (χ1n) is 8.54. The SMILES string of the molecule is CC(C)c1ccc(CC2CCN(C(=O)CCC(=O)O)CC2)cc1. The smallest absolute Gasteiger partial charge is 0.303 e. The Hall–Kier alpha value is -1.84. The highest BCUT2D eigenvalue weighted by Crippen LogP contribution is 2.23. The van der Waals surface area contributed by atoms with Crippen LogP contribution in [0.15, 0.2) is 24.3 Å². The third-order valence-corrected chi connectivity index (χ3v) is 4.69. The number of hydrogen-bond acceptors (Lipinski definition) is 2. The van der Waals surface area contributed by atoms with Gasteiger partial charge in [0.2, 0.25) is 5.91 Å². The molecule has 1 N–H and O–H groups in total. The van der Waals surface area contributed by atoms with Crippen LogP contribution in [0.1, 0.15) is 56.6 Å². The van der Waals surface area contributed by atoms with Gasteiger partial charge in [-0.2, -0.15) is 0 Å². The van der Waals surface area contributed by atoms with Gasteiger partial charge in [-0.1, -0.05) is 38.1 Å². The topological polar surface area (TPSA) is 57.6 Å². The number of likely N-dealkylation sites (tertiary alicyclic amines) is 1. The number of carbonyl (C=O) groups is 2. The van der Waals surface area contributed by atoms with Crippen LogP contribution in [0.3, 0.4) is 0 Å². The van der Waals surface area contributed by atoms with Gasteiger partial charge in [0.05, 0.1) is 6.42 Å². The number of hydrogen-bond donors (Lipinski definition) is 1. The summed E-state index contributed by atoms with van der Waals surface area (Å²) in [6, 6.07) is 8.87. The molecule has 0 atom stereocenters. The minimum atomic E-state index is -0.905. The number of benzene rings is 1. The van der Waals surface area contributed by atoms with Crippen molar-refractivity contribution in [3.8, 4) is 0 Å². The number of carboxylic acids is 1. The van der Waals surface area contributed by atoms with Crippen LogP contribution in [0.5, 0.6) is 0 Å². The Labute approximate surface area is 138 Å². The summed E-state index contributed by atoms with van der Waals surface area (Å²) >= 11 is 0. The third-order valence-electron chi connectivity index (χ3n) is 4.69. The second kappa shape index (κ2) is 8.14. The van der Waals surface area contributed by atoms with Crippen LogP contribution >= 0.6 is 0 Å². The van der Waals surface area contributed by atoms with Gasteiger partial charge < -0.3 is 10.0 Å². The molecule has 2 rings (SSSR count). The van der Waals surface area contributed by atoms with Crippen molar-refractivity contribution in [1.29, 1.82) is 0 Å². The molecular weight excluding hydrogens is 290 g/mol. The Morgan fingerprint density at radius 2 is 1.74 bits per heavy atom. The first kappa shape index (κ1) is 17.5. The van der Waals surface area contributed by atoms with E-state index < -0.39 is 5.97 Å². The maximum Gasteiger partial charge on any atom is 0.303 e. The number of aliphatic carboxylic acids is 1. The van der Waals surface area contributed by atoms with E-state index in [2.05, 4.69) is 38.1 Å². The molecule has 1 aliphatic heterocycles. The number of rotatable bonds is 6. The van der Waals surface area contributed by atoms with E-state index in [1.54, 1.807) is 0 Å². The molecule has 126 valence electrons. The van der Waals surface area contributed by atoms with Crippen LogP contribution in [0.2, 0.25) is 0 Å². The second-order valence-corrected chi connectivity index (χ2v) is 6.82. The Morgan fingerprint density at radius 3 is 2.26 bits per heavy atom. The maximum absolute atomic E-state index is 11.9. The van der Waals surface area contributed by atoms with Crippen molar-refractivity contribution in [2.45, 2.75) is 51.9 Å². The monoisotopic (exact) mass is 317 g/mol. The fraction of sp³-hybridized carbons (Fsp3) is 0.579. The number of carboxylic acid groups (broad SMARTS) is 1. The largest absolute Gasteiger partial charge is 0.481 e. The van der Waals surface area contributed by atoms with Crippen LogP contribution in [0.25, 0.3) is 0 Å². The van der Waals surface area contributed by atoms with Crippen LogP contribution in [-0.2, 0) is 16.0 Å². The summed E-state index contributed by atoms with van der Waals surface area (Å²) < 4.78 is 0. The van der Waals surface area contributed by atoms with E-state index in [9.17, 15) is 9.59 Å². The molecule has 4 heteroatoms. The first-order valence-corrected chi connectivity index (χ1v) is 8.54. The lowest BCUT2D eigenvalue weighted by molar-refractivity contribution is -0.141. The normalized spacial score (nSPS) is 15.9. The van der Waals surface area contributed by atoms with Gasteiger partial charge in [0.25, 0.3) is 0 Å². The van der Waals surface area contributed by atoms with Crippen molar-refractivity contribution in [2.24, 2.45) is 5.92 Å². The van der Waals surface area contributed by atoms with Gasteiger partial charge in [-0.25, -0.2) is 0 Å². The fourth-order valence-electron chi connectivity index (χ4n) is 3.13. The van der Waals surface area contributed by atoms with Crippen molar-refractivity contribution in [3.05, 3.63) is 35.4 Å². The lowest BCUT2D eigenvalue weighted by Crippen LogP contribution is -2.39. The van der Waals surface area contributed by atoms with Gasteiger partial charge in [-0.05, 0) is 42.2 Å². The molecule has 0 bridgehead atoms. The summed E-state index contributed by atoms with van der Waals surface area (Å²) in [4.78, 5) is 24.3. The van der Waals surface area contributed by atoms with Gasteiger partial charge >= 0.3 is 5.97 Å². The molecule has 23 heavy (non-hydrogen) atoms. The molecule has 1 amide bonds. The molecule has 1 aromatic carbocycles. The van der Waals surface area contributed by atoms with E-state index in [0.29, 0.717) is 11.8 Å². The van der Waals surface area contributed by atoms with E-state index in [1.807, 2.05) is 4.90 Å². The highest BCUT2D eigenvalue weighted by Gasteiger charge is 2.23. The third kappa shape index (κ3) is 5.38. The van der Waals surface area contributed by atoms with Gasteiger partial charge in [0.1, 0.15) is 0 Å². The zero-order chi connectivity index (χ0) is 16.8. The van der Waals surface area contributed by atoms with Crippen molar-refractivity contribution in [3.63, 3.8) is 0 Å². The maximum atomic E-state index is 11.9. The molecule has 1 heterocycles. The Morgan fingerprint density at radius 1 is 1.13 bits per heavy atom. The molecule has 1 aliphatic rings. The van der Waals surface area contributed by atoms with Gasteiger partial charge in [0, 0.05) is 19.5 Å². The van der Waals surface area contributed by atoms with Gasteiger partial charge in [-0.3, -0.25) is 9.59 Å². The molecule has 0 aliphatic carbocycles. The molecule has 1 aromatic rings. The van der Waals surface area contributed by atoms with E-state index in [-0.39, 0.29) is 18.7 Å². The molecule has 1 fully saturated rings. The molecule has 4 nitrogen and oxygen atoms in total. The van der Waals surface area contributed by atoms with Crippen molar-refractivity contribution in [2.75, 3.05) is 13.1 Å². The number of piperidine rings is 1. The fourth-order valence-corrected chi connectivity index (χ4v) is 3.13. The zero-order valence-electron chi connectivity index (χ0n) is 14.1. The van der Waals surface area contributed by atoms with Crippen molar-refractivity contribution >= 4 is 11.9 Å². The standard InChI is InChI=1S/C19H27NO3/c1-14(2)17-5-3-15(4-6-17)13-16-9-11-20(12-10-16)18(21)7-8-19(22)23/h3-6,14,16H,7-13H2,1-2H3,(H,22,23). The summed E-state index contributed by atoms with van der Waals surface area (Å²) in [6.07, 6.45) is 3.13. The summed E-state index contributed by atoms with van der Waals surface area (Å²) in [6.45, 7) is 5.92. The van der Waals surface area contributed by atoms with Crippen LogP contribution in [0, 0.1) is 5.92 Å². The van der Waals surface area contributed by atoms with E-state index >= 15 is 0 Å². The van der Waals surface area contributed by atoms with Crippen molar-refractivity contribution in [1.82, 2.24) is 4.90 Å². The number of carbonyl (C=O) groups excluding carboxylic acids is 1. The second-order valence-electron chi connectivity index (χ2n) is 6.82. The molecule has 0 radical (unpaired) electrons. The summed E-state index contributed by atoms with van der Waals surface area (Å²) in [7, 11) is 0. The molecule has 0 aromatic heterocycles. The first-order chi connectivity index (χ1) is 11.0. The minimum Gasteiger partial charge on any atom is -0.481 e. The summed E-state index contributed by atoms with van der Waals surface area (Å²) in [5.74, 6) is 0.248. The van der Waals surface area contributed by atoms with Crippen LogP contribution in [-0.4, -0.2) is 35.0 Å². The molecule has 0 spiro atoms. The van der Waals surface area contributed by atoms with Crippen LogP contribution < -0.4 is 0 Å². The average molecular weight is 317 g/mol. The number of nitrogens with zero attached hydrogens (tertiary/aromatic N) is 1. The molecule has 1 saturated heterocycles. The van der Waals surface area contributed by atoms with Gasteiger partial charge in [-0.15, -0.1) is 0 Å². The molecule has 0 saturated carbocycles. The highest BCUT2D eigenvalue weighted by atomic mass is 16.4. The Balaban J connectivity index is 1.78. The van der Waals surface area contributed by atoms with E-state index in [0.717, 1.165) is 32.4 Å².